The lowest BCUT2D eigenvalue weighted by molar-refractivity contribution is 0.0333. The Bertz CT molecular complexity index is 978. The maximum absolute atomic E-state index is 13.5. The van der Waals surface area contributed by atoms with Crippen molar-refractivity contribution >= 4 is 27.6 Å². The molecule has 0 bridgehead atoms. The molecule has 4 rings (SSSR count). The standard InChI is InChI=1S/C22H32N4O4S/c1-15(2)31(29,30)24-11-8-19-18(14-24)5-4-10-25(19)21(27)17-7-6-16(3)20(13-17)26-12-9-23-22(26)28/h6-7,13,15,18-19H,4-5,8-12,14H2,1-3H3,(H,23,28)/t18-,19-/m1/s1. The highest BCUT2D eigenvalue weighted by Crippen LogP contribution is 2.34. The number of hydrogen-bond acceptors (Lipinski definition) is 4. The molecule has 170 valence electrons. The summed E-state index contributed by atoms with van der Waals surface area (Å²) in [7, 11) is -3.28. The Morgan fingerprint density at radius 1 is 1.16 bits per heavy atom. The van der Waals surface area contributed by atoms with Gasteiger partial charge in [0, 0.05) is 50.0 Å². The van der Waals surface area contributed by atoms with Gasteiger partial charge < -0.3 is 10.2 Å². The molecule has 3 aliphatic heterocycles. The summed E-state index contributed by atoms with van der Waals surface area (Å²) in [5.74, 6) is 0.130. The molecule has 1 N–H and O–H groups in total. The van der Waals surface area contributed by atoms with Gasteiger partial charge in [0.05, 0.1) is 5.25 Å². The van der Waals surface area contributed by atoms with E-state index in [-0.39, 0.29) is 23.9 Å². The predicted octanol–water partition coefficient (Wildman–Crippen LogP) is 2.19. The third kappa shape index (κ3) is 4.05. The van der Waals surface area contributed by atoms with Crippen LogP contribution >= 0.6 is 0 Å². The average molecular weight is 449 g/mol. The molecule has 1 aromatic rings. The van der Waals surface area contributed by atoms with Gasteiger partial charge in [-0.2, -0.15) is 0 Å². The van der Waals surface area contributed by atoms with Crippen LogP contribution in [0, 0.1) is 12.8 Å². The number of likely N-dealkylation sites (tertiary alicyclic amines) is 1. The summed E-state index contributed by atoms with van der Waals surface area (Å²) >= 11 is 0. The first-order valence-corrected chi connectivity index (χ1v) is 12.7. The molecule has 3 aliphatic rings. The molecule has 2 atom stereocenters. The van der Waals surface area contributed by atoms with Crippen LogP contribution in [0.2, 0.25) is 0 Å². The van der Waals surface area contributed by atoms with E-state index in [1.165, 1.54) is 0 Å². The molecule has 0 saturated carbocycles. The smallest absolute Gasteiger partial charge is 0.322 e. The van der Waals surface area contributed by atoms with E-state index in [4.69, 9.17) is 0 Å². The number of nitrogens with zero attached hydrogens (tertiary/aromatic N) is 3. The minimum absolute atomic E-state index is 0.0317. The molecule has 0 aliphatic carbocycles. The van der Waals surface area contributed by atoms with Gasteiger partial charge in [0.25, 0.3) is 5.91 Å². The summed E-state index contributed by atoms with van der Waals surface area (Å²) in [6.07, 6.45) is 2.47. The van der Waals surface area contributed by atoms with Gasteiger partial charge in [-0.05, 0) is 63.6 Å². The number of nitrogens with one attached hydrogen (secondary N) is 1. The van der Waals surface area contributed by atoms with E-state index in [1.54, 1.807) is 23.1 Å². The normalized spacial score (nSPS) is 25.0. The van der Waals surface area contributed by atoms with Crippen LogP contribution in [0.25, 0.3) is 0 Å². The molecule has 0 unspecified atom stereocenters. The van der Waals surface area contributed by atoms with Crippen molar-refractivity contribution in [3.8, 4) is 0 Å². The lowest BCUT2D eigenvalue weighted by Crippen LogP contribution is -2.57. The third-order valence-electron chi connectivity index (χ3n) is 6.85. The van der Waals surface area contributed by atoms with E-state index < -0.39 is 15.3 Å². The number of urea groups is 1. The van der Waals surface area contributed by atoms with Gasteiger partial charge in [0.2, 0.25) is 10.0 Å². The molecule has 1 aromatic carbocycles. The minimum atomic E-state index is -3.28. The van der Waals surface area contributed by atoms with Crippen LogP contribution in [0.1, 0.15) is 49.0 Å². The van der Waals surface area contributed by atoms with Gasteiger partial charge in [-0.25, -0.2) is 17.5 Å². The predicted molar refractivity (Wildman–Crippen MR) is 120 cm³/mol. The molecule has 0 spiro atoms. The second-order valence-corrected chi connectivity index (χ2v) is 11.6. The molecule has 3 fully saturated rings. The van der Waals surface area contributed by atoms with E-state index >= 15 is 0 Å². The van der Waals surface area contributed by atoms with Crippen molar-refractivity contribution in [2.45, 2.75) is 51.3 Å². The fourth-order valence-electron chi connectivity index (χ4n) is 5.05. The number of benzene rings is 1. The van der Waals surface area contributed by atoms with Gasteiger partial charge in [-0.3, -0.25) is 9.69 Å². The van der Waals surface area contributed by atoms with E-state index in [2.05, 4.69) is 5.32 Å². The first-order chi connectivity index (χ1) is 14.7. The highest BCUT2D eigenvalue weighted by Gasteiger charge is 2.42. The zero-order chi connectivity index (χ0) is 22.3. The van der Waals surface area contributed by atoms with E-state index in [0.29, 0.717) is 44.7 Å². The molecule has 3 heterocycles. The number of sulfonamides is 1. The van der Waals surface area contributed by atoms with Crippen molar-refractivity contribution in [1.29, 1.82) is 0 Å². The van der Waals surface area contributed by atoms with E-state index in [1.807, 2.05) is 30.0 Å². The first-order valence-electron chi connectivity index (χ1n) is 11.2. The number of carbonyl (C=O) groups excluding carboxylic acids is 2. The number of rotatable bonds is 4. The maximum Gasteiger partial charge on any atom is 0.322 e. The first kappa shape index (κ1) is 22.1. The summed E-state index contributed by atoms with van der Waals surface area (Å²) in [6.45, 7) is 8.19. The topological polar surface area (TPSA) is 90.0 Å². The molecule has 31 heavy (non-hydrogen) atoms. The summed E-state index contributed by atoms with van der Waals surface area (Å²) in [6, 6.07) is 5.47. The molecule has 9 heteroatoms. The number of fused-ring (bicyclic) bond motifs is 1. The minimum Gasteiger partial charge on any atom is -0.336 e. The Morgan fingerprint density at radius 2 is 1.94 bits per heavy atom. The van der Waals surface area contributed by atoms with Crippen LogP contribution in [-0.2, 0) is 10.0 Å². The molecule has 0 radical (unpaired) electrons. The van der Waals surface area contributed by atoms with E-state index in [9.17, 15) is 18.0 Å². The van der Waals surface area contributed by atoms with Crippen molar-refractivity contribution in [3.63, 3.8) is 0 Å². The maximum atomic E-state index is 13.5. The Kier molecular flexibility index (Phi) is 6.00. The zero-order valence-corrected chi connectivity index (χ0v) is 19.3. The molecular formula is C22H32N4O4S. The SMILES string of the molecule is Cc1ccc(C(=O)N2CCC[C@@H]3CN(S(=O)(=O)C(C)C)CC[C@H]32)cc1N1CCNC1=O. The molecule has 3 amide bonds. The van der Waals surface area contributed by atoms with Gasteiger partial charge in [0.15, 0.2) is 0 Å². The van der Waals surface area contributed by atoms with Crippen molar-refractivity contribution in [3.05, 3.63) is 29.3 Å². The summed E-state index contributed by atoms with van der Waals surface area (Å²) in [4.78, 5) is 29.2. The second-order valence-electron chi connectivity index (χ2n) is 9.09. The summed E-state index contributed by atoms with van der Waals surface area (Å²) in [5, 5.41) is 2.38. The van der Waals surface area contributed by atoms with Gasteiger partial charge in [-0.1, -0.05) is 6.07 Å². The van der Waals surface area contributed by atoms with Gasteiger partial charge in [0.1, 0.15) is 0 Å². The molecule has 0 aromatic heterocycles. The van der Waals surface area contributed by atoms with Crippen LogP contribution in [0.15, 0.2) is 18.2 Å². The molecule has 8 nitrogen and oxygen atoms in total. The van der Waals surface area contributed by atoms with Crippen molar-refractivity contribution in [2.75, 3.05) is 37.6 Å². The third-order valence-corrected chi connectivity index (χ3v) is 9.09. The lowest BCUT2D eigenvalue weighted by Gasteiger charge is -2.47. The van der Waals surface area contributed by atoms with Crippen LogP contribution in [-0.4, -0.2) is 73.6 Å². The number of carbonyl (C=O) groups is 2. The number of piperidine rings is 2. The highest BCUT2D eigenvalue weighted by molar-refractivity contribution is 7.89. The number of anilines is 1. The summed E-state index contributed by atoms with van der Waals surface area (Å²) in [5.41, 5.74) is 2.31. The Labute approximate surface area is 184 Å². The van der Waals surface area contributed by atoms with Crippen LogP contribution in [0.3, 0.4) is 0 Å². The number of hydrogen-bond donors (Lipinski definition) is 1. The fourth-order valence-corrected chi connectivity index (χ4v) is 6.41. The van der Waals surface area contributed by atoms with Crippen LogP contribution in [0.5, 0.6) is 0 Å². The summed E-state index contributed by atoms with van der Waals surface area (Å²) < 4.78 is 26.9. The largest absolute Gasteiger partial charge is 0.336 e. The lowest BCUT2D eigenvalue weighted by atomic mass is 9.84. The Hall–Kier alpha value is -2.13. The highest BCUT2D eigenvalue weighted by atomic mass is 32.2. The Morgan fingerprint density at radius 3 is 2.61 bits per heavy atom. The van der Waals surface area contributed by atoms with Crippen molar-refractivity contribution in [1.82, 2.24) is 14.5 Å². The fraction of sp³-hybridized carbons (Fsp3) is 0.636. The van der Waals surface area contributed by atoms with Crippen LogP contribution in [0.4, 0.5) is 10.5 Å². The van der Waals surface area contributed by atoms with E-state index in [0.717, 1.165) is 24.1 Å². The molecule has 3 saturated heterocycles. The molecular weight excluding hydrogens is 416 g/mol. The quantitative estimate of drug-likeness (QED) is 0.765. The number of amides is 3. The van der Waals surface area contributed by atoms with Crippen LogP contribution < -0.4 is 10.2 Å². The van der Waals surface area contributed by atoms with Gasteiger partial charge >= 0.3 is 6.03 Å². The second kappa shape index (κ2) is 8.43. The van der Waals surface area contributed by atoms with Crippen molar-refractivity contribution < 1.29 is 18.0 Å². The Balaban J connectivity index is 1.54. The van der Waals surface area contributed by atoms with Crippen molar-refractivity contribution in [2.24, 2.45) is 5.92 Å². The number of aryl methyl sites for hydroxylation is 1. The monoisotopic (exact) mass is 448 g/mol. The van der Waals surface area contributed by atoms with Gasteiger partial charge in [-0.15, -0.1) is 0 Å². The zero-order valence-electron chi connectivity index (χ0n) is 18.5. The average Bonchev–Trinajstić information content (AvgIpc) is 3.18.